The fourth-order valence-electron chi connectivity index (χ4n) is 4.05. The van der Waals surface area contributed by atoms with E-state index in [-0.39, 0.29) is 0 Å². The summed E-state index contributed by atoms with van der Waals surface area (Å²) in [5.74, 6) is 0. The minimum Gasteiger partial charge on any atom is -0.444 e. The third-order valence-electron chi connectivity index (χ3n) is 6.17. The average molecular weight is 546 g/mol. The zero-order valence-electron chi connectivity index (χ0n) is 25.6. The van der Waals surface area contributed by atoms with Crippen molar-refractivity contribution in [3.8, 4) is 0 Å². The number of nitrogens with one attached hydrogen (secondary N) is 1. The lowest BCUT2D eigenvalue weighted by atomic mass is 10.0. The van der Waals surface area contributed by atoms with Gasteiger partial charge in [-0.15, -0.1) is 0 Å². The molecule has 0 aromatic rings. The number of carbonyl (C=O) groups excluding carboxylic acids is 1. The monoisotopic (exact) mass is 545 g/mol. The average Bonchev–Trinajstić information content (AvgIpc) is 2.86. The van der Waals surface area contributed by atoms with Gasteiger partial charge in [0.2, 0.25) is 0 Å². The van der Waals surface area contributed by atoms with Gasteiger partial charge in [0, 0.05) is 13.2 Å². The minimum absolute atomic E-state index is 0.414. The van der Waals surface area contributed by atoms with Gasteiger partial charge in [0.05, 0.1) is 46.2 Å². The van der Waals surface area contributed by atoms with E-state index < -0.39 is 11.7 Å². The Labute approximate surface area is 235 Å². The van der Waals surface area contributed by atoms with Gasteiger partial charge < -0.3 is 29.0 Å². The molecule has 0 unspecified atom stereocenters. The first-order chi connectivity index (χ1) is 18.5. The maximum absolute atomic E-state index is 11.5. The molecule has 0 aliphatic heterocycles. The van der Waals surface area contributed by atoms with Crippen molar-refractivity contribution in [3.63, 3.8) is 0 Å². The fourth-order valence-corrected chi connectivity index (χ4v) is 4.05. The highest BCUT2D eigenvalue weighted by atomic mass is 16.6. The number of unbranched alkanes of at least 4 members (excludes halogenated alkanes) is 15. The van der Waals surface area contributed by atoms with E-state index >= 15 is 0 Å². The zero-order chi connectivity index (χ0) is 28.0. The first-order valence-electron chi connectivity index (χ1n) is 15.7. The molecule has 0 saturated carbocycles. The maximum atomic E-state index is 11.5. The topological polar surface area (TPSA) is 75.3 Å². The van der Waals surface area contributed by atoms with Crippen LogP contribution in [0.15, 0.2) is 0 Å². The van der Waals surface area contributed by atoms with Crippen molar-refractivity contribution < 1.29 is 28.5 Å². The third kappa shape index (κ3) is 33.1. The van der Waals surface area contributed by atoms with Gasteiger partial charge in [-0.2, -0.15) is 0 Å². The van der Waals surface area contributed by atoms with E-state index in [1.54, 1.807) is 0 Å². The molecule has 7 heteroatoms. The number of hydrogen-bond donors (Lipinski definition) is 1. The van der Waals surface area contributed by atoms with Crippen molar-refractivity contribution in [1.29, 1.82) is 0 Å². The van der Waals surface area contributed by atoms with Crippen molar-refractivity contribution in [2.24, 2.45) is 0 Å². The predicted octanol–water partition coefficient (Wildman–Crippen LogP) is 7.84. The lowest BCUT2D eigenvalue weighted by Gasteiger charge is -2.19. The Hall–Kier alpha value is -0.890. The van der Waals surface area contributed by atoms with E-state index in [9.17, 15) is 4.79 Å². The van der Waals surface area contributed by atoms with Gasteiger partial charge in [0.15, 0.2) is 0 Å². The van der Waals surface area contributed by atoms with E-state index in [2.05, 4.69) is 12.2 Å². The van der Waals surface area contributed by atoms with Crippen molar-refractivity contribution in [1.82, 2.24) is 5.32 Å². The quantitative estimate of drug-likeness (QED) is 0.0965. The number of rotatable bonds is 29. The number of carbonyl (C=O) groups is 1. The summed E-state index contributed by atoms with van der Waals surface area (Å²) in [4.78, 5) is 11.5. The molecule has 0 fully saturated rings. The molecule has 1 N–H and O–H groups in total. The van der Waals surface area contributed by atoms with Gasteiger partial charge in [0.25, 0.3) is 0 Å². The van der Waals surface area contributed by atoms with Crippen LogP contribution in [0.4, 0.5) is 4.79 Å². The molecule has 38 heavy (non-hydrogen) atoms. The molecule has 0 saturated heterocycles. The van der Waals surface area contributed by atoms with Crippen LogP contribution in [0.1, 0.15) is 130 Å². The molecule has 0 aliphatic carbocycles. The smallest absolute Gasteiger partial charge is 0.407 e. The summed E-state index contributed by atoms with van der Waals surface area (Å²) in [7, 11) is 0. The molecular weight excluding hydrogens is 482 g/mol. The van der Waals surface area contributed by atoms with Crippen molar-refractivity contribution in [2.45, 2.75) is 136 Å². The van der Waals surface area contributed by atoms with E-state index in [0.29, 0.717) is 52.8 Å². The molecule has 0 atom stereocenters. The standard InChI is InChI=1S/C31H63NO6/c1-5-6-7-8-9-10-11-12-13-14-15-16-17-18-19-20-22-34-24-26-36-28-29-37-27-25-35-23-21-32-30(33)38-31(2,3)4/h5-29H2,1-4H3,(H,32,33). The molecule has 0 aliphatic rings. The number of amides is 1. The summed E-state index contributed by atoms with van der Waals surface area (Å²) in [6.45, 7) is 12.8. The zero-order valence-corrected chi connectivity index (χ0v) is 25.6. The van der Waals surface area contributed by atoms with Gasteiger partial charge in [-0.25, -0.2) is 4.79 Å². The third-order valence-corrected chi connectivity index (χ3v) is 6.17. The normalized spacial score (nSPS) is 11.7. The predicted molar refractivity (Wildman–Crippen MR) is 157 cm³/mol. The second-order valence-corrected chi connectivity index (χ2v) is 11.2. The van der Waals surface area contributed by atoms with Crippen LogP contribution < -0.4 is 5.32 Å². The van der Waals surface area contributed by atoms with Gasteiger partial charge >= 0.3 is 6.09 Å². The molecule has 0 radical (unpaired) electrons. The summed E-state index contributed by atoms with van der Waals surface area (Å²) in [5.41, 5.74) is -0.488. The summed E-state index contributed by atoms with van der Waals surface area (Å²) in [6.07, 6.45) is 21.8. The molecule has 228 valence electrons. The van der Waals surface area contributed by atoms with Crippen LogP contribution in [0.5, 0.6) is 0 Å². The van der Waals surface area contributed by atoms with E-state index in [1.165, 1.54) is 96.3 Å². The summed E-state index contributed by atoms with van der Waals surface area (Å²) < 4.78 is 27.2. The highest BCUT2D eigenvalue weighted by Gasteiger charge is 2.15. The molecule has 0 bridgehead atoms. The van der Waals surface area contributed by atoms with Gasteiger partial charge in [0.1, 0.15) is 5.60 Å². The summed E-state index contributed by atoms with van der Waals surface area (Å²) in [6, 6.07) is 0. The lowest BCUT2D eigenvalue weighted by Crippen LogP contribution is -2.34. The Bertz CT molecular complexity index is 483. The van der Waals surface area contributed by atoms with Crippen LogP contribution in [0.3, 0.4) is 0 Å². The second kappa shape index (κ2) is 29.1. The molecule has 1 amide bonds. The Kier molecular flexibility index (Phi) is 28.4. The number of hydrogen-bond acceptors (Lipinski definition) is 6. The summed E-state index contributed by atoms with van der Waals surface area (Å²) >= 11 is 0. The largest absolute Gasteiger partial charge is 0.444 e. The highest BCUT2D eigenvalue weighted by Crippen LogP contribution is 2.13. The Morgan fingerprint density at radius 3 is 1.24 bits per heavy atom. The molecule has 0 spiro atoms. The molecule has 0 aromatic carbocycles. The first-order valence-corrected chi connectivity index (χ1v) is 15.7. The van der Waals surface area contributed by atoms with Gasteiger partial charge in [-0.05, 0) is 27.2 Å². The van der Waals surface area contributed by atoms with E-state index in [1.807, 2.05) is 20.8 Å². The van der Waals surface area contributed by atoms with E-state index in [0.717, 1.165) is 13.0 Å². The van der Waals surface area contributed by atoms with Crippen LogP contribution >= 0.6 is 0 Å². The molecule has 0 heterocycles. The molecule has 7 nitrogen and oxygen atoms in total. The first kappa shape index (κ1) is 37.1. The highest BCUT2D eigenvalue weighted by molar-refractivity contribution is 5.67. The van der Waals surface area contributed by atoms with Gasteiger partial charge in [-0.3, -0.25) is 0 Å². The fraction of sp³-hybridized carbons (Fsp3) is 0.968. The van der Waals surface area contributed by atoms with Crippen molar-refractivity contribution >= 4 is 6.09 Å². The van der Waals surface area contributed by atoms with Crippen LogP contribution in [-0.2, 0) is 23.7 Å². The second-order valence-electron chi connectivity index (χ2n) is 11.2. The number of alkyl carbamates (subject to hydrolysis) is 1. The van der Waals surface area contributed by atoms with Crippen LogP contribution in [0.2, 0.25) is 0 Å². The van der Waals surface area contributed by atoms with Crippen LogP contribution in [0.25, 0.3) is 0 Å². The maximum Gasteiger partial charge on any atom is 0.407 e. The Morgan fingerprint density at radius 1 is 0.500 bits per heavy atom. The van der Waals surface area contributed by atoms with E-state index in [4.69, 9.17) is 23.7 Å². The van der Waals surface area contributed by atoms with Gasteiger partial charge in [-0.1, -0.05) is 103 Å². The minimum atomic E-state index is -0.488. The summed E-state index contributed by atoms with van der Waals surface area (Å²) in [5, 5.41) is 2.65. The van der Waals surface area contributed by atoms with Crippen molar-refractivity contribution in [2.75, 3.05) is 59.4 Å². The Balaban J connectivity index is 3.09. The molecule has 0 aromatic heterocycles. The SMILES string of the molecule is CCCCCCCCCCCCCCCCCCOCCOCCOCCOCCNC(=O)OC(C)(C)C. The van der Waals surface area contributed by atoms with Crippen LogP contribution in [0, 0.1) is 0 Å². The van der Waals surface area contributed by atoms with Crippen LogP contribution in [-0.4, -0.2) is 71.1 Å². The lowest BCUT2D eigenvalue weighted by molar-refractivity contribution is -0.00214. The molecular formula is C31H63NO6. The number of ether oxygens (including phenoxy) is 5. The van der Waals surface area contributed by atoms with Crippen molar-refractivity contribution in [3.05, 3.63) is 0 Å². The Morgan fingerprint density at radius 2 is 0.842 bits per heavy atom. The molecule has 0 rings (SSSR count).